The number of piperidine rings is 1. The zero-order valence-electron chi connectivity index (χ0n) is 17.7. The maximum atomic E-state index is 13.4. The van der Waals surface area contributed by atoms with Gasteiger partial charge < -0.3 is 4.74 Å². The lowest BCUT2D eigenvalue weighted by molar-refractivity contribution is 0.0640. The van der Waals surface area contributed by atoms with Gasteiger partial charge in [0.2, 0.25) is 10.0 Å². The maximum absolute atomic E-state index is 13.4. The van der Waals surface area contributed by atoms with Gasteiger partial charge in [0, 0.05) is 19.3 Å². The molecule has 0 spiro atoms. The molecule has 4 rings (SSSR count). The van der Waals surface area contributed by atoms with Gasteiger partial charge in [0.05, 0.1) is 19.2 Å². The predicted molar refractivity (Wildman–Crippen MR) is 113 cm³/mol. The molecule has 2 atom stereocenters. The van der Waals surface area contributed by atoms with Gasteiger partial charge in [-0.2, -0.15) is 4.31 Å². The SMILES string of the molecule is COc1ccc(CN2C(=O)c3cccnc3C2=O)cc1S(=O)(=O)N1C[C@H](C)C[C@H](C)C1. The highest BCUT2D eigenvalue weighted by atomic mass is 32.2. The number of carbonyl (C=O) groups is 2. The van der Waals surface area contributed by atoms with Crippen LogP contribution < -0.4 is 4.74 Å². The van der Waals surface area contributed by atoms with E-state index in [1.807, 2.05) is 13.8 Å². The molecule has 1 saturated heterocycles. The second-order valence-electron chi connectivity index (χ2n) is 8.35. The van der Waals surface area contributed by atoms with Gasteiger partial charge in [0.15, 0.2) is 0 Å². The highest BCUT2D eigenvalue weighted by molar-refractivity contribution is 7.89. The summed E-state index contributed by atoms with van der Waals surface area (Å²) in [5, 5.41) is 0. The molecule has 9 heteroatoms. The number of nitrogens with zero attached hydrogens (tertiary/aromatic N) is 3. The molecule has 164 valence electrons. The smallest absolute Gasteiger partial charge is 0.280 e. The van der Waals surface area contributed by atoms with Gasteiger partial charge >= 0.3 is 0 Å². The van der Waals surface area contributed by atoms with Gasteiger partial charge in [0.25, 0.3) is 11.8 Å². The molecule has 0 radical (unpaired) electrons. The van der Waals surface area contributed by atoms with Gasteiger partial charge in [-0.1, -0.05) is 19.9 Å². The molecule has 0 N–H and O–H groups in total. The third kappa shape index (κ3) is 3.83. The van der Waals surface area contributed by atoms with Gasteiger partial charge in [0.1, 0.15) is 16.3 Å². The minimum atomic E-state index is -3.80. The third-order valence-electron chi connectivity index (χ3n) is 5.75. The van der Waals surface area contributed by atoms with E-state index in [0.717, 1.165) is 11.3 Å². The summed E-state index contributed by atoms with van der Waals surface area (Å²) >= 11 is 0. The van der Waals surface area contributed by atoms with Crippen LogP contribution in [0.3, 0.4) is 0 Å². The van der Waals surface area contributed by atoms with E-state index in [9.17, 15) is 18.0 Å². The first kappa shape index (κ1) is 21.5. The molecule has 0 aliphatic carbocycles. The van der Waals surface area contributed by atoms with Crippen molar-refractivity contribution in [3.63, 3.8) is 0 Å². The number of rotatable bonds is 5. The van der Waals surface area contributed by atoms with Crippen molar-refractivity contribution < 1.29 is 22.7 Å². The number of benzene rings is 1. The standard InChI is InChI=1S/C22H25N3O5S/c1-14-9-15(2)12-24(11-14)31(28,29)19-10-16(6-7-18(19)30-3)13-25-21(26)17-5-4-8-23-20(17)22(25)27/h4-8,10,14-15H,9,11-13H2,1-3H3/t14-,15+. The second kappa shape index (κ2) is 8.05. The fraction of sp³-hybridized carbons (Fsp3) is 0.409. The second-order valence-corrected chi connectivity index (χ2v) is 10.3. The predicted octanol–water partition coefficient (Wildman–Crippen LogP) is 2.55. The number of hydrogen-bond donors (Lipinski definition) is 0. The molecule has 1 aromatic carbocycles. The van der Waals surface area contributed by atoms with E-state index < -0.39 is 21.8 Å². The first-order valence-corrected chi connectivity index (χ1v) is 11.6. The van der Waals surface area contributed by atoms with E-state index in [0.29, 0.717) is 18.7 Å². The van der Waals surface area contributed by atoms with E-state index in [1.54, 1.807) is 24.3 Å². The molecule has 2 aliphatic heterocycles. The number of carbonyl (C=O) groups excluding carboxylic acids is 2. The Morgan fingerprint density at radius 3 is 2.45 bits per heavy atom. The lowest BCUT2D eigenvalue weighted by Crippen LogP contribution is -2.42. The van der Waals surface area contributed by atoms with Crippen LogP contribution in [0.2, 0.25) is 0 Å². The van der Waals surface area contributed by atoms with Crippen molar-refractivity contribution in [2.45, 2.75) is 31.7 Å². The zero-order chi connectivity index (χ0) is 22.3. The zero-order valence-corrected chi connectivity index (χ0v) is 18.6. The van der Waals surface area contributed by atoms with Crippen LogP contribution in [0, 0.1) is 11.8 Å². The minimum Gasteiger partial charge on any atom is -0.495 e. The largest absolute Gasteiger partial charge is 0.495 e. The number of methoxy groups -OCH3 is 1. The Labute approximate surface area is 181 Å². The monoisotopic (exact) mass is 443 g/mol. The lowest BCUT2D eigenvalue weighted by Gasteiger charge is -2.34. The summed E-state index contributed by atoms with van der Waals surface area (Å²) in [6, 6.07) is 7.89. The van der Waals surface area contributed by atoms with Gasteiger partial charge in [-0.25, -0.2) is 8.42 Å². The molecular formula is C22H25N3O5S. The Morgan fingerprint density at radius 2 is 1.81 bits per heavy atom. The number of aromatic nitrogens is 1. The minimum absolute atomic E-state index is 0.0449. The fourth-order valence-corrected chi connectivity index (χ4v) is 6.29. The average molecular weight is 444 g/mol. The number of imide groups is 1. The Kier molecular flexibility index (Phi) is 5.57. The molecule has 2 amide bonds. The molecule has 3 heterocycles. The Hall–Kier alpha value is -2.78. The third-order valence-corrected chi connectivity index (χ3v) is 7.61. The van der Waals surface area contributed by atoms with Crippen molar-refractivity contribution in [1.29, 1.82) is 0 Å². The Bertz CT molecular complexity index is 1100. The number of fused-ring (bicyclic) bond motifs is 1. The van der Waals surface area contributed by atoms with Crippen LogP contribution in [0.15, 0.2) is 41.4 Å². The number of ether oxygens (including phenoxy) is 1. The lowest BCUT2D eigenvalue weighted by atomic mass is 9.94. The molecule has 8 nitrogen and oxygen atoms in total. The molecule has 2 aromatic rings. The van der Waals surface area contributed by atoms with Gasteiger partial charge in [-0.15, -0.1) is 0 Å². The molecule has 1 aromatic heterocycles. The molecule has 1 fully saturated rings. The van der Waals surface area contributed by atoms with Crippen LogP contribution in [0.4, 0.5) is 0 Å². The number of sulfonamides is 1. The van der Waals surface area contributed by atoms with Crippen molar-refractivity contribution in [3.8, 4) is 5.75 Å². The first-order valence-electron chi connectivity index (χ1n) is 10.2. The quantitative estimate of drug-likeness (QED) is 0.659. The maximum Gasteiger partial charge on any atom is 0.280 e. The first-order chi connectivity index (χ1) is 14.7. The molecule has 2 aliphatic rings. The number of pyridine rings is 1. The summed E-state index contributed by atoms with van der Waals surface area (Å²) in [4.78, 5) is 30.4. The fourth-order valence-electron chi connectivity index (χ4n) is 4.40. The van der Waals surface area contributed by atoms with E-state index in [-0.39, 0.29) is 40.3 Å². The number of hydrogen-bond acceptors (Lipinski definition) is 6. The van der Waals surface area contributed by atoms with Gasteiger partial charge in [-0.3, -0.25) is 19.5 Å². The van der Waals surface area contributed by atoms with Crippen molar-refractivity contribution in [2.75, 3.05) is 20.2 Å². The van der Waals surface area contributed by atoms with E-state index in [1.165, 1.54) is 23.7 Å². The van der Waals surface area contributed by atoms with Gasteiger partial charge in [-0.05, 0) is 48.1 Å². The van der Waals surface area contributed by atoms with E-state index in [4.69, 9.17) is 4.74 Å². The normalized spacial score (nSPS) is 22.0. The van der Waals surface area contributed by atoms with Crippen LogP contribution in [0.5, 0.6) is 5.75 Å². The summed E-state index contributed by atoms with van der Waals surface area (Å²) in [5.74, 6) is -0.165. The van der Waals surface area contributed by atoms with Crippen molar-refractivity contribution >= 4 is 21.8 Å². The summed E-state index contributed by atoms with van der Waals surface area (Å²) < 4.78 is 33.7. The van der Waals surface area contributed by atoms with Crippen LogP contribution in [0.1, 0.15) is 46.7 Å². The molecule has 0 bridgehead atoms. The average Bonchev–Trinajstić information content (AvgIpc) is 2.98. The van der Waals surface area contributed by atoms with Crippen LogP contribution in [0.25, 0.3) is 0 Å². The van der Waals surface area contributed by atoms with Crippen molar-refractivity contribution in [1.82, 2.24) is 14.2 Å². The van der Waals surface area contributed by atoms with E-state index in [2.05, 4.69) is 4.98 Å². The Balaban J connectivity index is 1.66. The Morgan fingerprint density at radius 1 is 1.10 bits per heavy atom. The molecule has 31 heavy (non-hydrogen) atoms. The number of amides is 2. The molecule has 0 saturated carbocycles. The summed E-state index contributed by atoms with van der Waals surface area (Å²) in [7, 11) is -2.38. The van der Waals surface area contributed by atoms with Crippen LogP contribution in [-0.2, 0) is 16.6 Å². The van der Waals surface area contributed by atoms with Crippen molar-refractivity contribution in [3.05, 3.63) is 53.3 Å². The summed E-state index contributed by atoms with van der Waals surface area (Å²) in [6.07, 6.45) is 2.45. The highest BCUT2D eigenvalue weighted by Gasteiger charge is 2.37. The van der Waals surface area contributed by atoms with E-state index >= 15 is 0 Å². The highest BCUT2D eigenvalue weighted by Crippen LogP contribution is 2.33. The molecule has 0 unspecified atom stereocenters. The molecular weight excluding hydrogens is 418 g/mol. The van der Waals surface area contributed by atoms with Crippen LogP contribution in [-0.4, -0.2) is 54.6 Å². The topological polar surface area (TPSA) is 96.9 Å². The van der Waals surface area contributed by atoms with Crippen molar-refractivity contribution in [2.24, 2.45) is 11.8 Å². The summed E-state index contributed by atoms with van der Waals surface area (Å²) in [5.41, 5.74) is 0.891. The van der Waals surface area contributed by atoms with Crippen LogP contribution >= 0.6 is 0 Å². The summed E-state index contributed by atoms with van der Waals surface area (Å²) in [6.45, 7) is 4.94.